The number of hydrogen-bond donors (Lipinski definition) is 2. The Morgan fingerprint density at radius 1 is 1.36 bits per heavy atom. The quantitative estimate of drug-likeness (QED) is 0.765. The molecule has 0 aliphatic carbocycles. The highest BCUT2D eigenvalue weighted by atomic mass is 19.1. The number of aryl methyl sites for hydroxylation is 1. The van der Waals surface area contributed by atoms with Crippen LogP contribution in [-0.4, -0.2) is 27.2 Å². The molecule has 3 heterocycles. The number of fused-ring (bicyclic) bond motifs is 2. The van der Waals surface area contributed by atoms with Gasteiger partial charge in [-0.2, -0.15) is 5.10 Å². The zero-order valence-electron chi connectivity index (χ0n) is 13.8. The zero-order chi connectivity index (χ0) is 17.4. The molecule has 6 nitrogen and oxygen atoms in total. The fourth-order valence-electron chi connectivity index (χ4n) is 3.13. The maximum atomic E-state index is 13.4. The number of nitrogens with one attached hydrogen (secondary N) is 2. The van der Waals surface area contributed by atoms with E-state index in [1.807, 2.05) is 10.7 Å². The second-order valence-corrected chi connectivity index (χ2v) is 6.18. The maximum absolute atomic E-state index is 13.4. The topological polar surface area (TPSA) is 71.8 Å². The molecule has 0 bridgehead atoms. The van der Waals surface area contributed by atoms with Gasteiger partial charge in [0, 0.05) is 30.2 Å². The third-order valence-electron chi connectivity index (χ3n) is 4.30. The Hall–Kier alpha value is -2.80. The van der Waals surface area contributed by atoms with Crippen LogP contribution in [0.25, 0.3) is 10.9 Å². The second kappa shape index (κ2) is 6.25. The second-order valence-electron chi connectivity index (χ2n) is 6.18. The summed E-state index contributed by atoms with van der Waals surface area (Å²) in [6.07, 6.45) is 0. The number of rotatable bonds is 3. The SMILES string of the molecule is Cc1cc(C(=O)NCc2cc3n(n2)CCNC3)c2ccc(F)cc2n1. The van der Waals surface area contributed by atoms with E-state index >= 15 is 0 Å². The number of benzene rings is 1. The Bertz CT molecular complexity index is 937. The Kier molecular flexibility index (Phi) is 3.93. The molecule has 4 rings (SSSR count). The van der Waals surface area contributed by atoms with Crippen LogP contribution in [0.2, 0.25) is 0 Å². The van der Waals surface area contributed by atoms with Crippen molar-refractivity contribution in [1.29, 1.82) is 0 Å². The normalized spacial score (nSPS) is 13.7. The number of pyridine rings is 1. The molecule has 0 unspecified atom stereocenters. The van der Waals surface area contributed by atoms with Gasteiger partial charge in [-0.1, -0.05) is 0 Å². The first-order valence-electron chi connectivity index (χ1n) is 8.21. The number of nitrogens with zero attached hydrogens (tertiary/aromatic N) is 3. The molecule has 0 fully saturated rings. The first-order chi connectivity index (χ1) is 12.1. The highest BCUT2D eigenvalue weighted by molar-refractivity contribution is 6.06. The molecule has 1 amide bonds. The maximum Gasteiger partial charge on any atom is 0.252 e. The van der Waals surface area contributed by atoms with Crippen molar-refractivity contribution in [3.05, 3.63) is 58.8 Å². The van der Waals surface area contributed by atoms with Crippen molar-refractivity contribution in [2.24, 2.45) is 0 Å². The summed E-state index contributed by atoms with van der Waals surface area (Å²) in [4.78, 5) is 16.9. The predicted octanol–water partition coefficient (Wildman–Crippen LogP) is 1.91. The van der Waals surface area contributed by atoms with Crippen molar-refractivity contribution in [3.63, 3.8) is 0 Å². The average molecular weight is 339 g/mol. The lowest BCUT2D eigenvalue weighted by Crippen LogP contribution is -2.28. The van der Waals surface area contributed by atoms with Gasteiger partial charge in [-0.25, -0.2) is 4.39 Å². The van der Waals surface area contributed by atoms with Crippen LogP contribution in [0, 0.1) is 12.7 Å². The Morgan fingerprint density at radius 2 is 2.24 bits per heavy atom. The van der Waals surface area contributed by atoms with E-state index in [0.717, 1.165) is 31.0 Å². The van der Waals surface area contributed by atoms with Gasteiger partial charge >= 0.3 is 0 Å². The van der Waals surface area contributed by atoms with E-state index in [1.165, 1.54) is 12.1 Å². The minimum Gasteiger partial charge on any atom is -0.346 e. The lowest BCUT2D eigenvalue weighted by molar-refractivity contribution is 0.0952. The van der Waals surface area contributed by atoms with Crippen molar-refractivity contribution in [2.45, 2.75) is 26.6 Å². The molecule has 1 aromatic carbocycles. The van der Waals surface area contributed by atoms with Gasteiger partial charge in [-0.15, -0.1) is 0 Å². The molecule has 128 valence electrons. The molecule has 0 atom stereocenters. The largest absolute Gasteiger partial charge is 0.346 e. The Morgan fingerprint density at radius 3 is 3.08 bits per heavy atom. The lowest BCUT2D eigenvalue weighted by atomic mass is 10.1. The van der Waals surface area contributed by atoms with Gasteiger partial charge in [0.05, 0.1) is 35.6 Å². The third-order valence-corrected chi connectivity index (χ3v) is 4.30. The highest BCUT2D eigenvalue weighted by Crippen LogP contribution is 2.19. The highest BCUT2D eigenvalue weighted by Gasteiger charge is 2.15. The van der Waals surface area contributed by atoms with Crippen LogP contribution in [-0.2, 0) is 19.6 Å². The summed E-state index contributed by atoms with van der Waals surface area (Å²) in [6.45, 7) is 4.67. The molecular weight excluding hydrogens is 321 g/mol. The summed E-state index contributed by atoms with van der Waals surface area (Å²) in [5, 5.41) is 11.3. The fourth-order valence-corrected chi connectivity index (χ4v) is 3.13. The molecule has 0 radical (unpaired) electrons. The summed E-state index contributed by atoms with van der Waals surface area (Å²) in [6, 6.07) is 7.99. The summed E-state index contributed by atoms with van der Waals surface area (Å²) >= 11 is 0. The third kappa shape index (κ3) is 3.10. The van der Waals surface area contributed by atoms with Gasteiger partial charge in [-0.05, 0) is 31.2 Å². The van der Waals surface area contributed by atoms with E-state index in [1.54, 1.807) is 19.1 Å². The first-order valence-corrected chi connectivity index (χ1v) is 8.21. The number of aromatic nitrogens is 3. The summed E-state index contributed by atoms with van der Waals surface area (Å²) < 4.78 is 15.4. The molecule has 1 aliphatic rings. The molecule has 2 N–H and O–H groups in total. The molecule has 25 heavy (non-hydrogen) atoms. The average Bonchev–Trinajstić information content (AvgIpc) is 3.01. The molecule has 0 spiro atoms. The van der Waals surface area contributed by atoms with Crippen molar-refractivity contribution in [1.82, 2.24) is 25.4 Å². The van der Waals surface area contributed by atoms with Crippen LogP contribution in [0.1, 0.15) is 27.4 Å². The smallest absolute Gasteiger partial charge is 0.252 e. The van der Waals surface area contributed by atoms with E-state index in [9.17, 15) is 9.18 Å². The van der Waals surface area contributed by atoms with Crippen LogP contribution >= 0.6 is 0 Å². The standard InChI is InChI=1S/C18H18FN5O/c1-11-6-16(15-3-2-12(19)7-17(15)22-11)18(25)21-9-13-8-14-10-20-4-5-24(14)23-13/h2-3,6-8,20H,4-5,9-10H2,1H3,(H,21,25). The summed E-state index contributed by atoms with van der Waals surface area (Å²) in [7, 11) is 0. The van der Waals surface area contributed by atoms with E-state index in [4.69, 9.17) is 0 Å². The van der Waals surface area contributed by atoms with E-state index in [2.05, 4.69) is 20.7 Å². The van der Waals surface area contributed by atoms with Crippen LogP contribution in [0.4, 0.5) is 4.39 Å². The number of amides is 1. The lowest BCUT2D eigenvalue weighted by Gasteiger charge is -2.13. The van der Waals surface area contributed by atoms with E-state index < -0.39 is 0 Å². The minimum absolute atomic E-state index is 0.216. The molecular formula is C18H18FN5O. The van der Waals surface area contributed by atoms with Crippen LogP contribution in [0.3, 0.4) is 0 Å². The minimum atomic E-state index is -0.367. The number of hydrogen-bond acceptors (Lipinski definition) is 4. The molecule has 7 heteroatoms. The number of carbonyl (C=O) groups excluding carboxylic acids is 1. The predicted molar refractivity (Wildman–Crippen MR) is 91.5 cm³/mol. The molecule has 2 aromatic heterocycles. The molecule has 0 saturated carbocycles. The Labute approximate surface area is 144 Å². The number of halogens is 1. The fraction of sp³-hybridized carbons (Fsp3) is 0.278. The summed E-state index contributed by atoms with van der Waals surface area (Å²) in [5.41, 5.74) is 3.60. The van der Waals surface area contributed by atoms with Gasteiger partial charge in [0.1, 0.15) is 5.82 Å². The molecule has 3 aromatic rings. The van der Waals surface area contributed by atoms with Gasteiger partial charge in [0.2, 0.25) is 0 Å². The van der Waals surface area contributed by atoms with E-state index in [0.29, 0.717) is 28.7 Å². The molecule has 1 aliphatic heterocycles. The van der Waals surface area contributed by atoms with Crippen LogP contribution in [0.5, 0.6) is 0 Å². The van der Waals surface area contributed by atoms with Gasteiger partial charge < -0.3 is 10.6 Å². The van der Waals surface area contributed by atoms with Crippen molar-refractivity contribution < 1.29 is 9.18 Å². The first kappa shape index (κ1) is 15.7. The van der Waals surface area contributed by atoms with Gasteiger partial charge in [0.15, 0.2) is 0 Å². The van der Waals surface area contributed by atoms with Crippen molar-refractivity contribution in [3.8, 4) is 0 Å². The van der Waals surface area contributed by atoms with Gasteiger partial charge in [-0.3, -0.25) is 14.5 Å². The van der Waals surface area contributed by atoms with E-state index in [-0.39, 0.29) is 11.7 Å². The Balaban J connectivity index is 1.57. The molecule has 0 saturated heterocycles. The van der Waals surface area contributed by atoms with Crippen molar-refractivity contribution >= 4 is 16.8 Å². The van der Waals surface area contributed by atoms with Crippen molar-refractivity contribution in [2.75, 3.05) is 6.54 Å². The monoisotopic (exact) mass is 339 g/mol. The summed E-state index contributed by atoms with van der Waals surface area (Å²) in [5.74, 6) is -0.583. The van der Waals surface area contributed by atoms with Gasteiger partial charge in [0.25, 0.3) is 5.91 Å². The van der Waals surface area contributed by atoms with Crippen LogP contribution < -0.4 is 10.6 Å². The number of carbonyl (C=O) groups is 1. The van der Waals surface area contributed by atoms with Crippen LogP contribution in [0.15, 0.2) is 30.3 Å². The zero-order valence-corrected chi connectivity index (χ0v) is 13.8.